The van der Waals surface area contributed by atoms with E-state index in [1.807, 2.05) is 18.2 Å². The molecule has 3 rings (SSSR count). The molecule has 2 aliphatic heterocycles. The standard InChI is InChI=1S/C12H12N4S/c1-2-7-17-12-14-11-10(15-16-12)8-5-3-4-6-9(8)13-11/h2-6,10-11,13H,1,7H2/t10-,11-/m0/s1. The molecule has 17 heavy (non-hydrogen) atoms. The molecule has 0 saturated carbocycles. The predicted octanol–water partition coefficient (Wildman–Crippen LogP) is 3.22. The Morgan fingerprint density at radius 3 is 3.18 bits per heavy atom. The van der Waals surface area contributed by atoms with Crippen molar-refractivity contribution in [1.82, 2.24) is 0 Å². The normalized spacial score (nSPS) is 24.6. The lowest BCUT2D eigenvalue weighted by Gasteiger charge is -2.16. The summed E-state index contributed by atoms with van der Waals surface area (Å²) in [4.78, 5) is 4.56. The third-order valence-corrected chi connectivity index (χ3v) is 3.58. The molecule has 0 spiro atoms. The molecule has 2 atom stereocenters. The summed E-state index contributed by atoms with van der Waals surface area (Å²) in [6.45, 7) is 3.68. The number of thioether (sulfide) groups is 1. The molecule has 0 aromatic heterocycles. The molecule has 1 N–H and O–H groups in total. The van der Waals surface area contributed by atoms with Crippen molar-refractivity contribution in [2.45, 2.75) is 12.2 Å². The first-order chi connectivity index (χ1) is 8.38. The Morgan fingerprint density at radius 2 is 2.29 bits per heavy atom. The van der Waals surface area contributed by atoms with E-state index in [4.69, 9.17) is 0 Å². The summed E-state index contributed by atoms with van der Waals surface area (Å²) in [6.07, 6.45) is 1.84. The van der Waals surface area contributed by atoms with Crippen molar-refractivity contribution < 1.29 is 0 Å². The van der Waals surface area contributed by atoms with Gasteiger partial charge in [0.25, 0.3) is 0 Å². The summed E-state index contributed by atoms with van der Waals surface area (Å²) in [5, 5.41) is 12.6. The van der Waals surface area contributed by atoms with Crippen molar-refractivity contribution in [3.63, 3.8) is 0 Å². The van der Waals surface area contributed by atoms with E-state index in [0.29, 0.717) is 0 Å². The van der Waals surface area contributed by atoms with E-state index in [9.17, 15) is 0 Å². The highest BCUT2D eigenvalue weighted by Gasteiger charge is 2.34. The van der Waals surface area contributed by atoms with Crippen LogP contribution in [0.25, 0.3) is 0 Å². The van der Waals surface area contributed by atoms with Gasteiger partial charge in [0, 0.05) is 17.0 Å². The smallest absolute Gasteiger partial charge is 0.206 e. The average Bonchev–Trinajstić information content (AvgIpc) is 2.74. The summed E-state index contributed by atoms with van der Waals surface area (Å²) < 4.78 is 0. The molecule has 1 aromatic carbocycles. The van der Waals surface area contributed by atoms with E-state index in [-0.39, 0.29) is 12.2 Å². The fourth-order valence-corrected chi connectivity index (χ4v) is 2.54. The van der Waals surface area contributed by atoms with Crippen LogP contribution in [0.2, 0.25) is 0 Å². The number of benzene rings is 1. The van der Waals surface area contributed by atoms with Crippen LogP contribution < -0.4 is 5.32 Å². The zero-order chi connectivity index (χ0) is 11.7. The minimum absolute atomic E-state index is 0.00258. The van der Waals surface area contributed by atoms with Gasteiger partial charge in [0.1, 0.15) is 6.04 Å². The van der Waals surface area contributed by atoms with E-state index in [1.165, 1.54) is 5.56 Å². The fourth-order valence-electron chi connectivity index (χ4n) is 1.98. The molecule has 0 unspecified atom stereocenters. The zero-order valence-corrected chi connectivity index (χ0v) is 10.0. The van der Waals surface area contributed by atoms with E-state index >= 15 is 0 Å². The monoisotopic (exact) mass is 244 g/mol. The lowest BCUT2D eigenvalue weighted by atomic mass is 10.1. The first-order valence-electron chi connectivity index (χ1n) is 5.46. The number of nitrogens with one attached hydrogen (secondary N) is 1. The first-order valence-corrected chi connectivity index (χ1v) is 6.45. The largest absolute Gasteiger partial charge is 0.361 e. The number of nitrogens with zero attached hydrogens (tertiary/aromatic N) is 3. The maximum Gasteiger partial charge on any atom is 0.206 e. The number of azo groups is 1. The Hall–Kier alpha value is -1.62. The lowest BCUT2D eigenvalue weighted by molar-refractivity contribution is 0.600. The Morgan fingerprint density at radius 1 is 1.41 bits per heavy atom. The second-order valence-corrected chi connectivity index (χ2v) is 4.84. The van der Waals surface area contributed by atoms with Gasteiger partial charge in [-0.25, -0.2) is 4.99 Å². The van der Waals surface area contributed by atoms with E-state index in [2.05, 4.69) is 39.2 Å². The van der Waals surface area contributed by atoms with Gasteiger partial charge in [-0.1, -0.05) is 36.0 Å². The van der Waals surface area contributed by atoms with Gasteiger partial charge in [-0.3, -0.25) is 0 Å². The molecule has 0 fully saturated rings. The number of fused-ring (bicyclic) bond motifs is 3. The van der Waals surface area contributed by atoms with Crippen LogP contribution >= 0.6 is 11.8 Å². The summed E-state index contributed by atoms with van der Waals surface area (Å²) in [5.41, 5.74) is 2.29. The van der Waals surface area contributed by atoms with Gasteiger partial charge in [-0.15, -0.1) is 11.7 Å². The van der Waals surface area contributed by atoms with Crippen molar-refractivity contribution >= 4 is 22.6 Å². The summed E-state index contributed by atoms with van der Waals surface area (Å²) >= 11 is 1.56. The van der Waals surface area contributed by atoms with Crippen LogP contribution in [0.5, 0.6) is 0 Å². The van der Waals surface area contributed by atoms with Crippen LogP contribution in [0.1, 0.15) is 11.6 Å². The van der Waals surface area contributed by atoms with Gasteiger partial charge in [-0.2, -0.15) is 5.11 Å². The second-order valence-electron chi connectivity index (χ2n) is 3.85. The van der Waals surface area contributed by atoms with Gasteiger partial charge in [0.15, 0.2) is 6.17 Å². The molecule has 0 amide bonds. The number of para-hydroxylation sites is 1. The Kier molecular flexibility index (Phi) is 2.68. The van der Waals surface area contributed by atoms with Crippen LogP contribution in [-0.2, 0) is 0 Å². The number of aliphatic imine (C=N–C) groups is 1. The highest BCUT2D eigenvalue weighted by Crippen LogP contribution is 2.39. The minimum atomic E-state index is -0.00258. The maximum absolute atomic E-state index is 4.56. The number of hydrogen-bond donors (Lipinski definition) is 1. The quantitative estimate of drug-likeness (QED) is 0.812. The summed E-state index contributed by atoms with van der Waals surface area (Å²) in [7, 11) is 0. The molecule has 86 valence electrons. The molecule has 0 aliphatic carbocycles. The molecule has 0 radical (unpaired) electrons. The minimum Gasteiger partial charge on any atom is -0.361 e. The van der Waals surface area contributed by atoms with Gasteiger partial charge < -0.3 is 5.32 Å². The van der Waals surface area contributed by atoms with E-state index < -0.39 is 0 Å². The molecular formula is C12H12N4S. The van der Waals surface area contributed by atoms with Crippen molar-refractivity contribution in [2.75, 3.05) is 11.1 Å². The average molecular weight is 244 g/mol. The van der Waals surface area contributed by atoms with Crippen molar-refractivity contribution in [3.8, 4) is 0 Å². The number of anilines is 1. The van der Waals surface area contributed by atoms with E-state index in [0.717, 1.165) is 16.6 Å². The van der Waals surface area contributed by atoms with Gasteiger partial charge >= 0.3 is 0 Å². The molecule has 2 aliphatic rings. The van der Waals surface area contributed by atoms with Crippen molar-refractivity contribution in [1.29, 1.82) is 0 Å². The molecule has 1 aromatic rings. The molecule has 4 nitrogen and oxygen atoms in total. The summed E-state index contributed by atoms with van der Waals surface area (Å²) in [5.74, 6) is 0.808. The van der Waals surface area contributed by atoms with E-state index in [1.54, 1.807) is 11.8 Å². The Bertz CT molecular complexity index is 509. The third kappa shape index (κ3) is 1.86. The molecule has 2 heterocycles. The first kappa shape index (κ1) is 10.5. The Labute approximate surface area is 104 Å². The van der Waals surface area contributed by atoms with Gasteiger partial charge in [0.2, 0.25) is 5.17 Å². The number of amidine groups is 1. The molecule has 0 bridgehead atoms. The van der Waals surface area contributed by atoms with Gasteiger partial charge in [-0.05, 0) is 6.07 Å². The SMILES string of the molecule is C=CCSC1=N[C@@H]2Nc3ccccc3[C@@H]2N=N1. The van der Waals surface area contributed by atoms with Crippen LogP contribution in [0.15, 0.2) is 52.1 Å². The highest BCUT2D eigenvalue weighted by molar-refractivity contribution is 8.14. The zero-order valence-electron chi connectivity index (χ0n) is 9.21. The topological polar surface area (TPSA) is 49.1 Å². The second kappa shape index (κ2) is 4.33. The van der Waals surface area contributed by atoms with Crippen molar-refractivity contribution in [2.24, 2.45) is 15.2 Å². The fraction of sp³-hybridized carbons (Fsp3) is 0.250. The molecule has 0 saturated heterocycles. The van der Waals surface area contributed by atoms with Crippen LogP contribution in [0.4, 0.5) is 5.69 Å². The number of hydrogen-bond acceptors (Lipinski definition) is 5. The summed E-state index contributed by atoms with van der Waals surface area (Å²) in [6, 6.07) is 8.18. The third-order valence-electron chi connectivity index (χ3n) is 2.73. The van der Waals surface area contributed by atoms with Crippen molar-refractivity contribution in [3.05, 3.63) is 42.5 Å². The molecule has 5 heteroatoms. The highest BCUT2D eigenvalue weighted by atomic mass is 32.2. The van der Waals surface area contributed by atoms with Crippen LogP contribution in [0, 0.1) is 0 Å². The Balaban J connectivity index is 1.84. The maximum atomic E-state index is 4.56. The van der Waals surface area contributed by atoms with Crippen LogP contribution in [0.3, 0.4) is 0 Å². The van der Waals surface area contributed by atoms with Crippen LogP contribution in [-0.4, -0.2) is 17.1 Å². The number of rotatable bonds is 2. The van der Waals surface area contributed by atoms with Gasteiger partial charge in [0.05, 0.1) is 0 Å². The predicted molar refractivity (Wildman–Crippen MR) is 71.5 cm³/mol. The lowest BCUT2D eigenvalue weighted by Crippen LogP contribution is -2.20. The molecular weight excluding hydrogens is 232 g/mol.